The number of carbonyl (C=O) groups excluding carboxylic acids is 1. The maximum absolute atomic E-state index is 12.6. The largest absolute Gasteiger partial charge is 0.352 e. The van der Waals surface area contributed by atoms with Crippen LogP contribution >= 0.6 is 11.6 Å². The molecular weight excluding hydrogens is 384 g/mol. The van der Waals surface area contributed by atoms with Gasteiger partial charge in [-0.3, -0.25) is 4.79 Å². The van der Waals surface area contributed by atoms with E-state index in [2.05, 4.69) is 12.2 Å². The minimum atomic E-state index is -3.60. The molecule has 0 aliphatic rings. The first-order chi connectivity index (χ1) is 12.8. The Hall–Kier alpha value is -1.89. The summed E-state index contributed by atoms with van der Waals surface area (Å²) in [6.45, 7) is 2.99. The SMILES string of the molecule is CCCCCNC(=O)c1ccc(CN(C)S(=O)(=O)c2ccc(Cl)cc2)cc1. The number of nitrogens with zero attached hydrogens (tertiary/aromatic N) is 1. The monoisotopic (exact) mass is 408 g/mol. The molecule has 2 aromatic rings. The van der Waals surface area contributed by atoms with Gasteiger partial charge < -0.3 is 5.32 Å². The molecule has 2 rings (SSSR count). The molecule has 7 heteroatoms. The predicted molar refractivity (Wildman–Crippen MR) is 108 cm³/mol. The molecule has 0 saturated heterocycles. The van der Waals surface area contributed by atoms with Gasteiger partial charge in [0.25, 0.3) is 5.91 Å². The Bertz CT molecular complexity index is 850. The summed E-state index contributed by atoms with van der Waals surface area (Å²) < 4.78 is 26.5. The molecule has 0 spiro atoms. The average molecular weight is 409 g/mol. The minimum absolute atomic E-state index is 0.111. The molecule has 0 bridgehead atoms. The second-order valence-electron chi connectivity index (χ2n) is 6.37. The van der Waals surface area contributed by atoms with Gasteiger partial charge in [0.05, 0.1) is 4.90 Å². The first-order valence-corrected chi connectivity index (χ1v) is 10.8. The Labute approximate surface area is 166 Å². The van der Waals surface area contributed by atoms with Crippen molar-refractivity contribution in [3.63, 3.8) is 0 Å². The minimum Gasteiger partial charge on any atom is -0.352 e. The van der Waals surface area contributed by atoms with Gasteiger partial charge in [0.1, 0.15) is 0 Å². The van der Waals surface area contributed by atoms with Gasteiger partial charge in [-0.15, -0.1) is 0 Å². The highest BCUT2D eigenvalue weighted by Gasteiger charge is 2.20. The highest BCUT2D eigenvalue weighted by Crippen LogP contribution is 2.19. The number of carbonyl (C=O) groups is 1. The van der Waals surface area contributed by atoms with Crippen LogP contribution in [-0.2, 0) is 16.6 Å². The summed E-state index contributed by atoms with van der Waals surface area (Å²) in [6, 6.07) is 13.1. The first-order valence-electron chi connectivity index (χ1n) is 8.93. The quantitative estimate of drug-likeness (QED) is 0.635. The Morgan fingerprint density at radius 3 is 2.26 bits per heavy atom. The number of amides is 1. The van der Waals surface area contributed by atoms with E-state index in [4.69, 9.17) is 11.6 Å². The maximum Gasteiger partial charge on any atom is 0.251 e. The van der Waals surface area contributed by atoms with Crippen molar-refractivity contribution in [2.45, 2.75) is 37.6 Å². The molecule has 1 amide bonds. The zero-order chi connectivity index (χ0) is 19.9. The normalized spacial score (nSPS) is 11.6. The zero-order valence-corrected chi connectivity index (χ0v) is 17.2. The lowest BCUT2D eigenvalue weighted by Crippen LogP contribution is -2.26. The van der Waals surface area contributed by atoms with Crippen molar-refractivity contribution < 1.29 is 13.2 Å². The maximum atomic E-state index is 12.6. The fraction of sp³-hybridized carbons (Fsp3) is 0.350. The molecule has 5 nitrogen and oxygen atoms in total. The number of hydrogen-bond acceptors (Lipinski definition) is 3. The van der Waals surface area contributed by atoms with E-state index in [0.29, 0.717) is 17.1 Å². The molecule has 0 radical (unpaired) electrons. The van der Waals surface area contributed by atoms with Crippen LogP contribution in [0.2, 0.25) is 5.02 Å². The first kappa shape index (κ1) is 21.4. The molecule has 27 heavy (non-hydrogen) atoms. The van der Waals surface area contributed by atoms with E-state index in [9.17, 15) is 13.2 Å². The Morgan fingerprint density at radius 2 is 1.67 bits per heavy atom. The van der Waals surface area contributed by atoms with E-state index in [0.717, 1.165) is 24.8 Å². The topological polar surface area (TPSA) is 66.5 Å². The van der Waals surface area contributed by atoms with Gasteiger partial charge in [0.15, 0.2) is 0 Å². The smallest absolute Gasteiger partial charge is 0.251 e. The third kappa shape index (κ3) is 6.06. The van der Waals surface area contributed by atoms with Crippen LogP contribution in [0.3, 0.4) is 0 Å². The molecule has 0 aliphatic carbocycles. The summed E-state index contributed by atoms with van der Waals surface area (Å²) >= 11 is 5.82. The molecular formula is C20H25ClN2O3S. The number of nitrogens with one attached hydrogen (secondary N) is 1. The molecule has 2 aromatic carbocycles. The van der Waals surface area contributed by atoms with Crippen LogP contribution in [0.15, 0.2) is 53.4 Å². The molecule has 0 unspecified atom stereocenters. The lowest BCUT2D eigenvalue weighted by molar-refractivity contribution is 0.0953. The third-order valence-corrected chi connectivity index (χ3v) is 6.28. The van der Waals surface area contributed by atoms with Gasteiger partial charge in [-0.1, -0.05) is 43.5 Å². The Balaban J connectivity index is 1.99. The van der Waals surface area contributed by atoms with Crippen molar-refractivity contribution in [2.24, 2.45) is 0 Å². The Kier molecular flexibility index (Phi) is 7.83. The van der Waals surface area contributed by atoms with E-state index >= 15 is 0 Å². The van der Waals surface area contributed by atoms with Crippen LogP contribution in [0.1, 0.15) is 42.1 Å². The van der Waals surface area contributed by atoms with Crippen LogP contribution in [0.4, 0.5) is 0 Å². The summed E-state index contributed by atoms with van der Waals surface area (Å²) in [5.41, 5.74) is 1.37. The lowest BCUT2D eigenvalue weighted by atomic mass is 10.1. The van der Waals surface area contributed by atoms with Crippen molar-refractivity contribution in [3.8, 4) is 0 Å². The number of hydrogen-bond donors (Lipinski definition) is 1. The van der Waals surface area contributed by atoms with Gasteiger partial charge in [0.2, 0.25) is 10.0 Å². The zero-order valence-electron chi connectivity index (χ0n) is 15.6. The van der Waals surface area contributed by atoms with Crippen LogP contribution in [0.25, 0.3) is 0 Å². The molecule has 0 fully saturated rings. The average Bonchev–Trinajstić information content (AvgIpc) is 2.66. The van der Waals surface area contributed by atoms with Crippen molar-refractivity contribution in [3.05, 3.63) is 64.7 Å². The Morgan fingerprint density at radius 1 is 1.04 bits per heavy atom. The molecule has 0 saturated carbocycles. The molecule has 146 valence electrons. The van der Waals surface area contributed by atoms with E-state index in [1.807, 2.05) is 0 Å². The molecule has 0 heterocycles. The summed E-state index contributed by atoms with van der Waals surface area (Å²) in [7, 11) is -2.08. The predicted octanol–water partition coefficient (Wildman–Crippen LogP) is 4.08. The van der Waals surface area contributed by atoms with Crippen molar-refractivity contribution in [2.75, 3.05) is 13.6 Å². The highest BCUT2D eigenvalue weighted by molar-refractivity contribution is 7.89. The van der Waals surface area contributed by atoms with Gasteiger partial charge >= 0.3 is 0 Å². The third-order valence-electron chi connectivity index (χ3n) is 4.21. The fourth-order valence-corrected chi connectivity index (χ4v) is 3.85. The van der Waals surface area contributed by atoms with E-state index in [-0.39, 0.29) is 17.3 Å². The number of sulfonamides is 1. The van der Waals surface area contributed by atoms with E-state index in [1.165, 1.54) is 23.5 Å². The summed E-state index contributed by atoms with van der Waals surface area (Å²) in [5.74, 6) is -0.111. The number of unbranched alkanes of at least 4 members (excludes halogenated alkanes) is 2. The van der Waals surface area contributed by atoms with Crippen molar-refractivity contribution in [1.82, 2.24) is 9.62 Å². The van der Waals surface area contributed by atoms with Gasteiger partial charge in [-0.2, -0.15) is 4.31 Å². The molecule has 0 aromatic heterocycles. The van der Waals surface area contributed by atoms with Crippen molar-refractivity contribution >= 4 is 27.5 Å². The molecule has 0 atom stereocenters. The second-order valence-corrected chi connectivity index (χ2v) is 8.86. The summed E-state index contributed by atoms with van der Waals surface area (Å²) in [5, 5.41) is 3.37. The summed E-state index contributed by atoms with van der Waals surface area (Å²) in [6.07, 6.45) is 3.17. The van der Waals surface area contributed by atoms with Crippen molar-refractivity contribution in [1.29, 1.82) is 0 Å². The lowest BCUT2D eigenvalue weighted by Gasteiger charge is -2.17. The van der Waals surface area contributed by atoms with E-state index in [1.54, 1.807) is 36.4 Å². The number of rotatable bonds is 9. The van der Waals surface area contributed by atoms with Crippen LogP contribution in [0, 0.1) is 0 Å². The van der Waals surface area contributed by atoms with Crippen LogP contribution in [0.5, 0.6) is 0 Å². The van der Waals surface area contributed by atoms with Gasteiger partial charge in [-0.05, 0) is 48.4 Å². The molecule has 1 N–H and O–H groups in total. The number of benzene rings is 2. The highest BCUT2D eigenvalue weighted by atomic mass is 35.5. The second kappa shape index (κ2) is 9.88. The van der Waals surface area contributed by atoms with Gasteiger partial charge in [0, 0.05) is 30.7 Å². The van der Waals surface area contributed by atoms with Gasteiger partial charge in [-0.25, -0.2) is 8.42 Å². The standard InChI is InChI=1S/C20H25ClN2O3S/c1-3-4-5-14-22-20(24)17-8-6-16(7-9-17)15-23(2)27(25,26)19-12-10-18(21)11-13-19/h6-13H,3-5,14-15H2,1-2H3,(H,22,24). The molecule has 0 aliphatic heterocycles. The van der Waals surface area contributed by atoms with E-state index < -0.39 is 10.0 Å². The van der Waals surface area contributed by atoms with Crippen LogP contribution in [-0.4, -0.2) is 32.2 Å². The van der Waals surface area contributed by atoms with Crippen LogP contribution < -0.4 is 5.32 Å². The fourth-order valence-electron chi connectivity index (χ4n) is 2.57. The summed E-state index contributed by atoms with van der Waals surface area (Å²) in [4.78, 5) is 12.3. The number of halogens is 1.